The Labute approximate surface area is 146 Å². The molecule has 1 N–H and O–H groups in total. The molecule has 0 radical (unpaired) electrons. The molecule has 0 bridgehead atoms. The second-order valence-corrected chi connectivity index (χ2v) is 7.34. The van der Waals surface area contributed by atoms with Crippen molar-refractivity contribution in [1.82, 2.24) is 10.2 Å². The van der Waals surface area contributed by atoms with Gasteiger partial charge in [-0.25, -0.2) is 4.39 Å². The normalized spacial score (nSPS) is 10.7. The fraction of sp³-hybridized carbons (Fsp3) is 0.125. The molecule has 1 aromatic heterocycles. The van der Waals surface area contributed by atoms with Gasteiger partial charge in [0.05, 0.1) is 0 Å². The molecule has 0 spiro atoms. The van der Waals surface area contributed by atoms with Crippen LogP contribution in [0.2, 0.25) is 5.02 Å². The largest absolute Gasteiger partial charge is 0.356 e. The standard InChI is InChI=1S/C16H13ClFN3S2/c17-14-4-2-1-3-12(14)10-22-16-21-20-15(23-16)19-9-11-5-7-13(18)8-6-11/h1-8H,9-10H2,(H,19,20). The average molecular weight is 366 g/mol. The summed E-state index contributed by atoms with van der Waals surface area (Å²) in [6, 6.07) is 14.2. The number of nitrogens with one attached hydrogen (secondary N) is 1. The van der Waals surface area contributed by atoms with Gasteiger partial charge in [-0.2, -0.15) is 0 Å². The molecule has 2 aromatic carbocycles. The van der Waals surface area contributed by atoms with Crippen molar-refractivity contribution in [3.8, 4) is 0 Å². The van der Waals surface area contributed by atoms with Crippen molar-refractivity contribution in [2.75, 3.05) is 5.32 Å². The van der Waals surface area contributed by atoms with Crippen LogP contribution in [0.15, 0.2) is 52.9 Å². The molecule has 0 saturated carbocycles. The summed E-state index contributed by atoms with van der Waals surface area (Å²) < 4.78 is 13.7. The van der Waals surface area contributed by atoms with Crippen LogP contribution in [-0.2, 0) is 12.3 Å². The molecule has 3 rings (SSSR count). The zero-order valence-electron chi connectivity index (χ0n) is 12.0. The van der Waals surface area contributed by atoms with Gasteiger partial charge in [-0.15, -0.1) is 10.2 Å². The SMILES string of the molecule is Fc1ccc(CNc2nnc(SCc3ccccc3Cl)s2)cc1. The minimum absolute atomic E-state index is 0.233. The van der Waals surface area contributed by atoms with E-state index in [4.69, 9.17) is 11.6 Å². The van der Waals surface area contributed by atoms with E-state index in [0.29, 0.717) is 6.54 Å². The van der Waals surface area contributed by atoms with Crippen LogP contribution >= 0.6 is 34.7 Å². The Morgan fingerprint density at radius 1 is 1.09 bits per heavy atom. The molecule has 7 heteroatoms. The van der Waals surface area contributed by atoms with Crippen LogP contribution in [0.25, 0.3) is 0 Å². The summed E-state index contributed by atoms with van der Waals surface area (Å²) in [5.41, 5.74) is 2.07. The number of hydrogen-bond donors (Lipinski definition) is 1. The van der Waals surface area contributed by atoms with E-state index in [1.165, 1.54) is 23.5 Å². The number of halogens is 2. The lowest BCUT2D eigenvalue weighted by atomic mass is 10.2. The Balaban J connectivity index is 1.53. The lowest BCUT2D eigenvalue weighted by Crippen LogP contribution is -1.98. The highest BCUT2D eigenvalue weighted by Crippen LogP contribution is 2.30. The molecule has 3 nitrogen and oxygen atoms in total. The van der Waals surface area contributed by atoms with Crippen molar-refractivity contribution in [1.29, 1.82) is 0 Å². The zero-order valence-corrected chi connectivity index (χ0v) is 14.4. The number of thioether (sulfide) groups is 1. The van der Waals surface area contributed by atoms with Crippen LogP contribution in [0.3, 0.4) is 0 Å². The smallest absolute Gasteiger partial charge is 0.206 e. The third kappa shape index (κ3) is 4.67. The monoisotopic (exact) mass is 365 g/mol. The number of anilines is 1. The second kappa shape index (κ2) is 7.77. The first-order chi connectivity index (χ1) is 11.2. The maximum Gasteiger partial charge on any atom is 0.206 e. The van der Waals surface area contributed by atoms with Gasteiger partial charge in [-0.1, -0.05) is 65.0 Å². The Hall–Kier alpha value is -1.63. The van der Waals surface area contributed by atoms with Gasteiger partial charge in [-0.3, -0.25) is 0 Å². The van der Waals surface area contributed by atoms with Gasteiger partial charge >= 0.3 is 0 Å². The van der Waals surface area contributed by atoms with Crippen molar-refractivity contribution in [3.05, 3.63) is 70.5 Å². The molecule has 0 unspecified atom stereocenters. The summed E-state index contributed by atoms with van der Waals surface area (Å²) in [5.74, 6) is 0.523. The minimum Gasteiger partial charge on any atom is -0.356 e. The van der Waals surface area contributed by atoms with E-state index in [9.17, 15) is 4.39 Å². The van der Waals surface area contributed by atoms with E-state index in [2.05, 4.69) is 15.5 Å². The molecule has 3 aromatic rings. The first kappa shape index (κ1) is 16.2. The van der Waals surface area contributed by atoms with E-state index in [1.807, 2.05) is 24.3 Å². The van der Waals surface area contributed by atoms with Crippen molar-refractivity contribution in [2.45, 2.75) is 16.6 Å². The zero-order chi connectivity index (χ0) is 16.1. The Bertz CT molecular complexity index is 777. The predicted molar refractivity (Wildman–Crippen MR) is 94.6 cm³/mol. The lowest BCUT2D eigenvalue weighted by molar-refractivity contribution is 0.627. The Morgan fingerprint density at radius 3 is 2.65 bits per heavy atom. The van der Waals surface area contributed by atoms with Gasteiger partial charge in [0.25, 0.3) is 0 Å². The molecule has 0 saturated heterocycles. The number of rotatable bonds is 6. The van der Waals surface area contributed by atoms with Gasteiger partial charge < -0.3 is 5.32 Å². The van der Waals surface area contributed by atoms with E-state index in [1.54, 1.807) is 23.9 Å². The molecular formula is C16H13ClFN3S2. The van der Waals surface area contributed by atoms with Crippen molar-refractivity contribution in [2.24, 2.45) is 0 Å². The Kier molecular flexibility index (Phi) is 5.48. The quantitative estimate of drug-likeness (QED) is 0.606. The third-order valence-corrected chi connectivity index (χ3v) is 5.50. The number of aromatic nitrogens is 2. The molecule has 23 heavy (non-hydrogen) atoms. The topological polar surface area (TPSA) is 37.8 Å². The summed E-state index contributed by atoms with van der Waals surface area (Å²) in [6.45, 7) is 0.587. The molecular weight excluding hydrogens is 353 g/mol. The van der Waals surface area contributed by atoms with Crippen molar-refractivity contribution >= 4 is 39.8 Å². The highest BCUT2D eigenvalue weighted by molar-refractivity contribution is 8.00. The van der Waals surface area contributed by atoms with Crippen molar-refractivity contribution < 1.29 is 4.39 Å². The van der Waals surface area contributed by atoms with E-state index >= 15 is 0 Å². The first-order valence-electron chi connectivity index (χ1n) is 6.89. The van der Waals surface area contributed by atoms with Crippen LogP contribution in [0.1, 0.15) is 11.1 Å². The lowest BCUT2D eigenvalue weighted by Gasteiger charge is -2.02. The van der Waals surface area contributed by atoms with E-state index < -0.39 is 0 Å². The molecule has 118 valence electrons. The first-order valence-corrected chi connectivity index (χ1v) is 9.07. The summed E-state index contributed by atoms with van der Waals surface area (Å²) in [5, 5.41) is 13.0. The fourth-order valence-electron chi connectivity index (χ4n) is 1.87. The summed E-state index contributed by atoms with van der Waals surface area (Å²) in [6.07, 6.45) is 0. The maximum atomic E-state index is 12.9. The highest BCUT2D eigenvalue weighted by Gasteiger charge is 2.06. The van der Waals surface area contributed by atoms with Crippen LogP contribution in [0, 0.1) is 5.82 Å². The van der Waals surface area contributed by atoms with Crippen LogP contribution in [0.4, 0.5) is 9.52 Å². The molecule has 0 aliphatic rings. The average Bonchev–Trinajstić information content (AvgIpc) is 3.02. The summed E-state index contributed by atoms with van der Waals surface area (Å²) >= 11 is 9.24. The van der Waals surface area contributed by atoms with Crippen LogP contribution < -0.4 is 5.32 Å². The third-order valence-electron chi connectivity index (χ3n) is 3.07. The fourth-order valence-corrected chi connectivity index (χ4v) is 3.91. The number of benzene rings is 2. The molecule has 1 heterocycles. The van der Waals surface area contributed by atoms with Crippen LogP contribution in [0.5, 0.6) is 0 Å². The number of nitrogens with zero attached hydrogens (tertiary/aromatic N) is 2. The van der Waals surface area contributed by atoms with Gasteiger partial charge in [0, 0.05) is 17.3 Å². The molecule has 0 fully saturated rings. The predicted octanol–water partition coefficient (Wildman–Crippen LogP) is 5.24. The molecule has 0 amide bonds. The molecule has 0 atom stereocenters. The Morgan fingerprint density at radius 2 is 1.87 bits per heavy atom. The summed E-state index contributed by atoms with van der Waals surface area (Å²) in [4.78, 5) is 0. The molecule has 0 aliphatic carbocycles. The minimum atomic E-state index is -0.233. The summed E-state index contributed by atoms with van der Waals surface area (Å²) in [7, 11) is 0. The molecule has 0 aliphatic heterocycles. The van der Waals surface area contributed by atoms with E-state index in [-0.39, 0.29) is 5.82 Å². The van der Waals surface area contributed by atoms with E-state index in [0.717, 1.165) is 31.4 Å². The van der Waals surface area contributed by atoms with Crippen LogP contribution in [-0.4, -0.2) is 10.2 Å². The maximum absolute atomic E-state index is 12.9. The van der Waals surface area contributed by atoms with Gasteiger partial charge in [0.2, 0.25) is 5.13 Å². The number of hydrogen-bond acceptors (Lipinski definition) is 5. The van der Waals surface area contributed by atoms with Gasteiger partial charge in [-0.05, 0) is 29.3 Å². The highest BCUT2D eigenvalue weighted by atomic mass is 35.5. The van der Waals surface area contributed by atoms with Gasteiger partial charge in [0.15, 0.2) is 4.34 Å². The van der Waals surface area contributed by atoms with Gasteiger partial charge in [0.1, 0.15) is 5.82 Å². The van der Waals surface area contributed by atoms with Crippen molar-refractivity contribution in [3.63, 3.8) is 0 Å². The second-order valence-electron chi connectivity index (χ2n) is 4.73.